The molecule has 1 heterocycles. The molecule has 0 bridgehead atoms. The zero-order valence-corrected chi connectivity index (χ0v) is 6.59. The molecule has 0 saturated heterocycles. The number of H-pyrrole nitrogens is 1. The Bertz CT molecular complexity index is 306. The Kier molecular flexibility index (Phi) is 2.85. The van der Waals surface area contributed by atoms with Crippen molar-refractivity contribution in [3.63, 3.8) is 0 Å². The van der Waals surface area contributed by atoms with Gasteiger partial charge in [0.15, 0.2) is 0 Å². The molecule has 0 aliphatic heterocycles. The van der Waals surface area contributed by atoms with Gasteiger partial charge in [-0.05, 0) is 6.92 Å². The summed E-state index contributed by atoms with van der Waals surface area (Å²) in [5, 5.41) is 8.52. The smallest absolute Gasteiger partial charge is 0.289 e. The number of hydrogen-bond acceptors (Lipinski definition) is 3. The molecular formula is C7H8N4O. The fraction of sp³-hybridized carbons (Fsp3) is 0.286. The van der Waals surface area contributed by atoms with E-state index >= 15 is 0 Å². The summed E-state index contributed by atoms with van der Waals surface area (Å²) in [7, 11) is 0. The maximum atomic E-state index is 11.1. The van der Waals surface area contributed by atoms with E-state index in [1.54, 1.807) is 6.92 Å². The fourth-order valence-corrected chi connectivity index (χ4v) is 0.611. The normalized spacial score (nSPS) is 8.42. The van der Waals surface area contributed by atoms with Crippen molar-refractivity contribution in [1.29, 1.82) is 0 Å². The van der Waals surface area contributed by atoms with Gasteiger partial charge in [-0.25, -0.2) is 4.98 Å². The van der Waals surface area contributed by atoms with E-state index in [2.05, 4.69) is 32.3 Å². The van der Waals surface area contributed by atoms with Crippen LogP contribution >= 0.6 is 0 Å². The number of aromatic amines is 1. The Hall–Kier alpha value is -1.83. The maximum absolute atomic E-state index is 11.1. The van der Waals surface area contributed by atoms with Crippen molar-refractivity contribution >= 4 is 5.91 Å². The molecule has 2 N–H and O–H groups in total. The van der Waals surface area contributed by atoms with Gasteiger partial charge in [-0.2, -0.15) is 5.10 Å². The van der Waals surface area contributed by atoms with Gasteiger partial charge in [-0.1, -0.05) is 5.92 Å². The first kappa shape index (κ1) is 8.27. The first-order valence-corrected chi connectivity index (χ1v) is 3.37. The van der Waals surface area contributed by atoms with Gasteiger partial charge in [0, 0.05) is 0 Å². The topological polar surface area (TPSA) is 70.7 Å². The molecule has 1 amide bonds. The predicted octanol–water partition coefficient (Wildman–Crippen LogP) is -0.442. The van der Waals surface area contributed by atoms with E-state index in [0.717, 1.165) is 0 Å². The second-order valence-electron chi connectivity index (χ2n) is 1.94. The maximum Gasteiger partial charge on any atom is 0.289 e. The van der Waals surface area contributed by atoms with Crippen LogP contribution in [0, 0.1) is 11.8 Å². The molecule has 12 heavy (non-hydrogen) atoms. The number of nitrogens with zero attached hydrogens (tertiary/aromatic N) is 2. The highest BCUT2D eigenvalue weighted by atomic mass is 16.2. The van der Waals surface area contributed by atoms with Crippen LogP contribution in [0.15, 0.2) is 6.33 Å². The van der Waals surface area contributed by atoms with Crippen LogP contribution in [0.5, 0.6) is 0 Å². The molecule has 5 heteroatoms. The minimum atomic E-state index is -0.296. The van der Waals surface area contributed by atoms with Crippen molar-refractivity contribution in [3.8, 4) is 11.8 Å². The third kappa shape index (κ3) is 2.09. The van der Waals surface area contributed by atoms with Crippen LogP contribution in [0.1, 0.15) is 17.5 Å². The minimum absolute atomic E-state index is 0.202. The summed E-state index contributed by atoms with van der Waals surface area (Å²) >= 11 is 0. The van der Waals surface area contributed by atoms with Crippen LogP contribution < -0.4 is 5.32 Å². The van der Waals surface area contributed by atoms with E-state index in [1.165, 1.54) is 6.33 Å². The van der Waals surface area contributed by atoms with Gasteiger partial charge in [-0.15, -0.1) is 5.92 Å². The van der Waals surface area contributed by atoms with Crippen LogP contribution in [-0.2, 0) is 0 Å². The molecule has 0 aliphatic rings. The number of nitrogens with one attached hydrogen (secondary N) is 2. The lowest BCUT2D eigenvalue weighted by Gasteiger charge is -1.94. The van der Waals surface area contributed by atoms with Crippen molar-refractivity contribution in [2.75, 3.05) is 6.54 Å². The van der Waals surface area contributed by atoms with Crippen molar-refractivity contribution in [2.24, 2.45) is 0 Å². The summed E-state index contributed by atoms with van der Waals surface area (Å²) in [5.74, 6) is 5.26. The fourth-order valence-electron chi connectivity index (χ4n) is 0.611. The molecule has 0 aliphatic carbocycles. The summed E-state index contributed by atoms with van der Waals surface area (Å²) in [6, 6.07) is 0. The summed E-state index contributed by atoms with van der Waals surface area (Å²) < 4.78 is 0. The van der Waals surface area contributed by atoms with E-state index < -0.39 is 0 Å². The average molecular weight is 164 g/mol. The molecule has 5 nitrogen and oxygen atoms in total. The largest absolute Gasteiger partial charge is 0.338 e. The molecule has 0 radical (unpaired) electrons. The van der Waals surface area contributed by atoms with E-state index in [-0.39, 0.29) is 11.7 Å². The lowest BCUT2D eigenvalue weighted by atomic mass is 10.5. The van der Waals surface area contributed by atoms with Crippen molar-refractivity contribution < 1.29 is 4.79 Å². The van der Waals surface area contributed by atoms with E-state index in [9.17, 15) is 4.79 Å². The second-order valence-corrected chi connectivity index (χ2v) is 1.94. The molecule has 0 spiro atoms. The quantitative estimate of drug-likeness (QED) is 0.582. The zero-order chi connectivity index (χ0) is 8.81. The summed E-state index contributed by atoms with van der Waals surface area (Å²) in [5.41, 5.74) is 0. The number of amides is 1. The molecular weight excluding hydrogens is 156 g/mol. The average Bonchev–Trinajstić information content (AvgIpc) is 2.56. The Balaban J connectivity index is 2.43. The minimum Gasteiger partial charge on any atom is -0.338 e. The molecule has 62 valence electrons. The van der Waals surface area contributed by atoms with Crippen molar-refractivity contribution in [2.45, 2.75) is 6.92 Å². The molecule has 0 atom stereocenters. The van der Waals surface area contributed by atoms with Crippen molar-refractivity contribution in [1.82, 2.24) is 20.5 Å². The Labute approximate surface area is 69.6 Å². The number of rotatable bonds is 2. The highest BCUT2D eigenvalue weighted by Gasteiger charge is 2.05. The van der Waals surface area contributed by atoms with Gasteiger partial charge in [0.1, 0.15) is 6.33 Å². The number of carbonyl (C=O) groups is 1. The summed E-state index contributed by atoms with van der Waals surface area (Å²) in [4.78, 5) is 14.7. The molecule has 0 unspecified atom stereocenters. The molecule has 1 rings (SSSR count). The monoisotopic (exact) mass is 164 g/mol. The third-order valence-corrected chi connectivity index (χ3v) is 1.14. The number of carbonyl (C=O) groups excluding carboxylic acids is 1. The molecule has 1 aromatic rings. The Morgan fingerprint density at radius 3 is 3.25 bits per heavy atom. The van der Waals surface area contributed by atoms with Crippen LogP contribution in [0.3, 0.4) is 0 Å². The van der Waals surface area contributed by atoms with E-state index in [1.807, 2.05) is 0 Å². The van der Waals surface area contributed by atoms with Gasteiger partial charge in [0.05, 0.1) is 6.54 Å². The van der Waals surface area contributed by atoms with Crippen LogP contribution in [0.25, 0.3) is 0 Å². The van der Waals surface area contributed by atoms with Gasteiger partial charge in [-0.3, -0.25) is 9.89 Å². The zero-order valence-electron chi connectivity index (χ0n) is 6.59. The number of hydrogen-bond donors (Lipinski definition) is 2. The van der Waals surface area contributed by atoms with E-state index in [4.69, 9.17) is 0 Å². The van der Waals surface area contributed by atoms with Crippen molar-refractivity contribution in [3.05, 3.63) is 12.2 Å². The molecule has 1 aromatic heterocycles. The highest BCUT2D eigenvalue weighted by molar-refractivity contribution is 5.90. The summed E-state index contributed by atoms with van der Waals surface area (Å²) in [6.07, 6.45) is 1.28. The van der Waals surface area contributed by atoms with Gasteiger partial charge in [0.25, 0.3) is 5.91 Å². The number of aromatic nitrogens is 3. The van der Waals surface area contributed by atoms with Gasteiger partial charge < -0.3 is 5.32 Å². The third-order valence-electron chi connectivity index (χ3n) is 1.14. The standard InChI is InChI=1S/C7H8N4O/c1-2-3-4-8-7(12)6-9-5-10-11-6/h5H,4H2,1H3,(H,8,12)(H,9,10,11). The van der Waals surface area contributed by atoms with Gasteiger partial charge >= 0.3 is 0 Å². The first-order valence-electron chi connectivity index (χ1n) is 3.37. The van der Waals surface area contributed by atoms with Crippen LogP contribution in [0.2, 0.25) is 0 Å². The SMILES string of the molecule is CC#CCNC(=O)c1ncn[nH]1. The molecule has 0 fully saturated rings. The second kappa shape index (κ2) is 4.13. The lowest BCUT2D eigenvalue weighted by molar-refractivity contribution is 0.0949. The molecule has 0 aromatic carbocycles. The molecule has 0 saturated carbocycles. The Morgan fingerprint density at radius 2 is 2.67 bits per heavy atom. The van der Waals surface area contributed by atoms with Crippen LogP contribution in [0.4, 0.5) is 0 Å². The predicted molar refractivity (Wildman–Crippen MR) is 42.2 cm³/mol. The summed E-state index contributed by atoms with van der Waals surface area (Å²) in [6.45, 7) is 2.04. The Morgan fingerprint density at radius 1 is 1.83 bits per heavy atom. The van der Waals surface area contributed by atoms with E-state index in [0.29, 0.717) is 6.54 Å². The van der Waals surface area contributed by atoms with Crippen LogP contribution in [-0.4, -0.2) is 27.6 Å². The highest BCUT2D eigenvalue weighted by Crippen LogP contribution is 1.82. The first-order chi connectivity index (χ1) is 5.84. The lowest BCUT2D eigenvalue weighted by Crippen LogP contribution is -2.24. The van der Waals surface area contributed by atoms with Gasteiger partial charge in [0.2, 0.25) is 5.82 Å².